The van der Waals surface area contributed by atoms with Gasteiger partial charge in [0.05, 0.1) is 49.3 Å². The minimum atomic E-state index is -2.15. The Morgan fingerprint density at radius 3 is 1.85 bits per heavy atom. The van der Waals surface area contributed by atoms with Crippen LogP contribution in [0.1, 0.15) is 132 Å². The van der Waals surface area contributed by atoms with Crippen molar-refractivity contribution in [3.8, 4) is 0 Å². The first kappa shape index (κ1) is 69.2. The minimum Gasteiger partial charge on any atom is -0.481 e. The molecule has 0 aromatic rings. The van der Waals surface area contributed by atoms with Crippen LogP contribution in [0.3, 0.4) is 0 Å². The lowest BCUT2D eigenvalue weighted by Crippen LogP contribution is -2.68. The first-order valence-electron chi connectivity index (χ1n) is 30.8. The summed E-state index contributed by atoms with van der Waals surface area (Å²) < 4.78 is 53.5. The van der Waals surface area contributed by atoms with Crippen molar-refractivity contribution in [3.63, 3.8) is 0 Å². The Labute approximate surface area is 509 Å². The van der Waals surface area contributed by atoms with Crippen LogP contribution in [0.15, 0.2) is 11.6 Å². The van der Waals surface area contributed by atoms with E-state index < -0.39 is 218 Å². The second kappa shape index (κ2) is 25.3. The smallest absolute Gasteiger partial charge is 0.335 e. The lowest BCUT2D eigenvalue weighted by atomic mass is 9.33. The molecule has 0 aromatic heterocycles. The summed E-state index contributed by atoms with van der Waals surface area (Å²) in [6, 6.07) is 0. The van der Waals surface area contributed by atoms with Crippen LogP contribution in [0.25, 0.3) is 0 Å². The van der Waals surface area contributed by atoms with Gasteiger partial charge in [0, 0.05) is 5.41 Å². The highest BCUT2D eigenvalue weighted by molar-refractivity contribution is 5.79. The van der Waals surface area contributed by atoms with E-state index in [1.165, 1.54) is 6.92 Å². The number of aliphatic hydroxyl groups is 13. The highest BCUT2D eigenvalue weighted by Gasteiger charge is 2.71. The molecule has 30 atom stereocenters. The fourth-order valence-electron chi connectivity index (χ4n) is 17.3. The number of aliphatic hydroxyl groups excluding tert-OH is 12. The fourth-order valence-corrected chi connectivity index (χ4v) is 17.3. The van der Waals surface area contributed by atoms with Crippen LogP contribution < -0.4 is 0 Å². The van der Waals surface area contributed by atoms with Gasteiger partial charge >= 0.3 is 23.9 Å². The van der Waals surface area contributed by atoms with Gasteiger partial charge in [0.25, 0.3) is 0 Å². The summed E-state index contributed by atoms with van der Waals surface area (Å²) in [6.45, 7) is 13.4. The molecule has 5 aliphatic carbocycles. The van der Waals surface area contributed by atoms with E-state index in [4.69, 9.17) is 47.7 Å². The third kappa shape index (κ3) is 12.1. The standard InChI is InChI=1S/C60H94O28/c1-25-35(66)38(69)43(74)49(81-25)86-46-40(71)36(67)28(22-61)82-51(46)87-47-42(73)41(72)45(48(76)77)85-52(47)84-32-12-13-56(5)30(57(32,6)24-62)11-14-59(8)31(56)10-9-26-27-19-54(2,3)15-17-60(27,18-16-58(26,59)7)53(78)88-50-44(75)39(70)37(68)29(83-50)23-80-34(65)21-55(4,79)20-33(63)64/h9,25,27-32,35-47,49-52,61-62,66-75,79H,10-24H2,1-8H3,(H,63,64)(H,76,77)/t25-,27-,28+,29+,30+,31+,32-,35-,36-,37+,38+,39-,40-,41-,42-,43+,44+,45-,46+,47+,49-,50-,51-,52+,55?,56-,57+,58+,59+,60-/m0/s1. The summed E-state index contributed by atoms with van der Waals surface area (Å²) in [7, 11) is 0. The first-order chi connectivity index (χ1) is 40.9. The topological polar surface area (TPSA) is 455 Å². The van der Waals surface area contributed by atoms with Gasteiger partial charge in [-0.25, -0.2) is 4.79 Å². The normalized spacial score (nSPS) is 49.9. The molecule has 9 rings (SSSR count). The Hall–Kier alpha value is -3.18. The van der Waals surface area contributed by atoms with Gasteiger partial charge in [0.1, 0.15) is 92.1 Å². The van der Waals surface area contributed by atoms with E-state index in [9.17, 15) is 85.9 Å². The number of carbonyl (C=O) groups is 4. The van der Waals surface area contributed by atoms with Gasteiger partial charge in [-0.1, -0.05) is 53.2 Å². The van der Waals surface area contributed by atoms with E-state index >= 15 is 4.79 Å². The molecule has 0 spiro atoms. The molecule has 1 unspecified atom stereocenters. The molecule has 0 bridgehead atoms. The third-order valence-corrected chi connectivity index (χ3v) is 22.8. The molecule has 4 aliphatic heterocycles. The zero-order chi connectivity index (χ0) is 64.9. The molecule has 28 nitrogen and oxygen atoms in total. The maximum absolute atomic E-state index is 15.1. The number of aliphatic carboxylic acids is 2. The van der Waals surface area contributed by atoms with Gasteiger partial charge in [-0.15, -0.1) is 0 Å². The number of fused-ring (bicyclic) bond motifs is 7. The number of carbonyl (C=O) groups excluding carboxylic acids is 2. The highest BCUT2D eigenvalue weighted by Crippen LogP contribution is 2.76. The molecule has 0 amide bonds. The van der Waals surface area contributed by atoms with Gasteiger partial charge in [-0.2, -0.15) is 0 Å². The van der Waals surface area contributed by atoms with Crippen LogP contribution in [0.5, 0.6) is 0 Å². The summed E-state index contributed by atoms with van der Waals surface area (Å²) in [6.07, 6.45) is -31.3. The second-order valence-corrected chi connectivity index (χ2v) is 28.9. The first-order valence-corrected chi connectivity index (χ1v) is 30.8. The molecule has 8 fully saturated rings. The molecule has 4 saturated heterocycles. The van der Waals surface area contributed by atoms with Crippen LogP contribution in [-0.4, -0.2) is 255 Å². The van der Waals surface area contributed by atoms with Crippen LogP contribution >= 0.6 is 0 Å². The number of esters is 2. The number of carboxylic acids is 2. The SMILES string of the molecule is C[C@@H]1O[C@@H](O[C@H]2[C@H](O[C@H]3[C@H](O[C@H]4CC[C@@]5(C)[C@@H](CC[C@]6(C)[C@@H]5CC=C5[C@@H]7CC(C)(C)CC[C@]7(C(=O)O[C@@H]7O[C@H](COC(=O)CC(C)(O)CC(=O)O)[C@@H](O)[C@H](O)[C@H]7O)CC[C@]56C)[C@@]4(C)CO)O[C@H](C(=O)O)[C@@H](O)[C@@H]3O)O[C@H](CO)[C@H](O)[C@@H]2O)[C@H](O)[C@H](O)[C@H]1O. The summed E-state index contributed by atoms with van der Waals surface area (Å²) in [5.74, 6) is -5.34. The van der Waals surface area contributed by atoms with Gasteiger partial charge in [-0.05, 0) is 117 Å². The van der Waals surface area contributed by atoms with Crippen molar-refractivity contribution in [2.24, 2.45) is 50.2 Å². The van der Waals surface area contributed by atoms with Crippen LogP contribution in [0.2, 0.25) is 0 Å². The molecule has 4 saturated carbocycles. The summed E-state index contributed by atoms with van der Waals surface area (Å²) in [5, 5.41) is 162. The lowest BCUT2D eigenvalue weighted by Gasteiger charge is -2.71. The Morgan fingerprint density at radius 2 is 1.22 bits per heavy atom. The van der Waals surface area contributed by atoms with Gasteiger partial charge in [-0.3, -0.25) is 14.4 Å². The van der Waals surface area contributed by atoms with E-state index in [1.54, 1.807) is 0 Å². The summed E-state index contributed by atoms with van der Waals surface area (Å²) in [5.41, 5.74) is -4.68. The highest BCUT2D eigenvalue weighted by atomic mass is 16.8. The largest absolute Gasteiger partial charge is 0.481 e. The molecule has 28 heteroatoms. The van der Waals surface area contributed by atoms with Crippen LogP contribution in [0, 0.1) is 50.2 Å². The van der Waals surface area contributed by atoms with Crippen molar-refractivity contribution in [1.29, 1.82) is 0 Å². The van der Waals surface area contributed by atoms with Crippen molar-refractivity contribution >= 4 is 23.9 Å². The Morgan fingerprint density at radius 1 is 0.625 bits per heavy atom. The van der Waals surface area contributed by atoms with Crippen molar-refractivity contribution < 1.29 is 138 Å². The summed E-state index contributed by atoms with van der Waals surface area (Å²) >= 11 is 0. The van der Waals surface area contributed by atoms with Crippen molar-refractivity contribution in [3.05, 3.63) is 11.6 Å². The molecule has 4 heterocycles. The predicted octanol–water partition coefficient (Wildman–Crippen LogP) is -1.78. The van der Waals surface area contributed by atoms with Crippen molar-refractivity contribution in [2.45, 2.75) is 267 Å². The van der Waals surface area contributed by atoms with Crippen molar-refractivity contribution in [2.75, 3.05) is 19.8 Å². The zero-order valence-electron chi connectivity index (χ0n) is 51.1. The molecular formula is C60H94O28. The molecule has 0 radical (unpaired) electrons. The number of hydrogen-bond donors (Lipinski definition) is 15. The number of carboxylic acid groups (broad SMARTS) is 2. The van der Waals surface area contributed by atoms with E-state index in [0.717, 1.165) is 12.5 Å². The van der Waals surface area contributed by atoms with Crippen LogP contribution in [0.4, 0.5) is 0 Å². The monoisotopic (exact) mass is 1260 g/mol. The number of hydrogen-bond acceptors (Lipinski definition) is 26. The van der Waals surface area contributed by atoms with Crippen molar-refractivity contribution in [1.82, 2.24) is 0 Å². The minimum absolute atomic E-state index is 0.0144. The van der Waals surface area contributed by atoms with E-state index in [0.29, 0.717) is 57.8 Å². The Bertz CT molecular complexity index is 2570. The van der Waals surface area contributed by atoms with Crippen LogP contribution in [-0.2, 0) is 61.8 Å². The lowest BCUT2D eigenvalue weighted by molar-refractivity contribution is -0.396. The third-order valence-electron chi connectivity index (χ3n) is 22.8. The number of ether oxygens (including phenoxy) is 9. The van der Waals surface area contributed by atoms with E-state index in [2.05, 4.69) is 40.7 Å². The maximum atomic E-state index is 15.1. The Kier molecular flexibility index (Phi) is 19.9. The molecule has 88 heavy (non-hydrogen) atoms. The maximum Gasteiger partial charge on any atom is 0.335 e. The van der Waals surface area contributed by atoms with E-state index in [-0.39, 0.29) is 29.6 Å². The predicted molar refractivity (Wildman–Crippen MR) is 295 cm³/mol. The second-order valence-electron chi connectivity index (χ2n) is 28.9. The number of rotatable bonds is 17. The van der Waals surface area contributed by atoms with Gasteiger partial charge < -0.3 is 119 Å². The molecule has 0 aromatic carbocycles. The molecule has 9 aliphatic rings. The number of allylic oxidation sites excluding steroid dienone is 2. The molecule has 502 valence electrons. The molecular weight excluding hydrogens is 1170 g/mol. The van der Waals surface area contributed by atoms with Gasteiger partial charge in [0.15, 0.2) is 25.0 Å². The zero-order valence-corrected chi connectivity index (χ0v) is 51.1. The Balaban J connectivity index is 0.953. The van der Waals surface area contributed by atoms with E-state index in [1.807, 2.05) is 6.92 Å². The average Bonchev–Trinajstić information content (AvgIpc) is 0.685. The van der Waals surface area contributed by atoms with Gasteiger partial charge in [0.2, 0.25) is 6.29 Å². The molecule has 15 N–H and O–H groups in total. The fraction of sp³-hybridized carbons (Fsp3) is 0.900. The quantitative estimate of drug-likeness (QED) is 0.0435. The average molecular weight is 1260 g/mol. The summed E-state index contributed by atoms with van der Waals surface area (Å²) in [4.78, 5) is 51.6.